The molecular weight excluding hydrogens is 1830 g/mol. The standard InChI is InChI=1S/C89H80Cl8N2O28/c1-43(100)116-74-55(42-115-38-49-29-17-8-18-30-49)122-89(79(118-45(3)102)78(74)117-44(2)101)126-73-54(41-114-37-48-27-15-7-16-28-48)121-87(69(76(73)124-85(110)51-33-21-10-22-34-51)99-82(107)58-59(83(99)108)63(93)67(97)66(96)62(58)92)127-77-70(103)52(39-112-35-46-23-11-5-12-24-46)119-88(71(77)104)125-72-53(40-113-36-47-25-13-6-14-26-47)120-86(111-4)68(75(72)123-84(109)50-31-19-9-20-32-50)98-80(105)56-57(81(98)106)61(91)65(95)64(94)60(56)90/h5-34,52-55,68-79,86-89,103-104H,35-42H2,1-4H3/t52-,53-,54-,55-,68-,69-,70+,71-,72-,73-,74+,75-,76-,77+,78+,79-,86-,87+,88+,89+/m1/s1. The maximum absolute atomic E-state index is 16.2. The molecule has 8 aromatic rings. The number of nitrogens with zero attached hydrogens (tertiary/aromatic N) is 2. The molecular formula is C89H80Cl8N2O28. The van der Waals surface area contributed by atoms with Crippen molar-refractivity contribution in [3.63, 3.8) is 0 Å². The summed E-state index contributed by atoms with van der Waals surface area (Å²) in [6, 6.07) is 45.2. The number of carbonyl (C=O) groups excluding carboxylic acids is 9. The molecule has 14 rings (SSSR count). The highest BCUT2D eigenvalue weighted by atomic mass is 35.5. The highest BCUT2D eigenvalue weighted by Crippen LogP contribution is 2.50. The van der Waals surface area contributed by atoms with E-state index >= 15 is 28.8 Å². The van der Waals surface area contributed by atoms with Crippen molar-refractivity contribution in [2.75, 3.05) is 33.5 Å². The number of fused-ring (bicyclic) bond motifs is 2. The van der Waals surface area contributed by atoms with Crippen LogP contribution in [0.3, 0.4) is 0 Å². The molecule has 0 spiro atoms. The van der Waals surface area contributed by atoms with Crippen LogP contribution in [0.4, 0.5) is 0 Å². The average molecular weight is 1910 g/mol. The van der Waals surface area contributed by atoms with Crippen molar-refractivity contribution in [1.82, 2.24) is 9.80 Å². The Bertz CT molecular complexity index is 5230. The molecule has 0 unspecified atom stereocenters. The fourth-order valence-corrected chi connectivity index (χ4v) is 17.7. The molecule has 2 N–H and O–H groups in total. The van der Waals surface area contributed by atoms with Crippen molar-refractivity contribution >= 4 is 146 Å². The summed E-state index contributed by atoms with van der Waals surface area (Å²) in [7, 11) is 1.16. The highest BCUT2D eigenvalue weighted by Gasteiger charge is 2.64. The molecule has 6 aliphatic heterocycles. The molecule has 670 valence electrons. The summed E-state index contributed by atoms with van der Waals surface area (Å²) < 4.78 is 111. The third-order valence-electron chi connectivity index (χ3n) is 21.4. The van der Waals surface area contributed by atoms with Crippen LogP contribution in [0.25, 0.3) is 0 Å². The Morgan fingerprint density at radius 1 is 0.315 bits per heavy atom. The number of methoxy groups -OCH3 is 1. The molecule has 0 radical (unpaired) electrons. The van der Waals surface area contributed by atoms with Crippen molar-refractivity contribution in [2.45, 2.75) is 170 Å². The summed E-state index contributed by atoms with van der Waals surface area (Å²) in [5.41, 5.74) is -0.169. The molecule has 6 aliphatic rings. The summed E-state index contributed by atoms with van der Waals surface area (Å²) in [6.45, 7) is 0.0449. The Morgan fingerprint density at radius 2 is 0.598 bits per heavy atom. The van der Waals surface area contributed by atoms with Crippen LogP contribution in [0.1, 0.15) is 105 Å². The molecule has 0 aromatic heterocycles. The Balaban J connectivity index is 0.937. The number of aliphatic hydroxyl groups excluding tert-OH is 2. The average Bonchev–Trinajstić information content (AvgIpc) is 1.60. The molecule has 4 saturated heterocycles. The van der Waals surface area contributed by atoms with Gasteiger partial charge in [-0.2, -0.15) is 0 Å². The van der Waals surface area contributed by atoms with Crippen molar-refractivity contribution in [3.05, 3.63) is 278 Å². The number of benzene rings is 8. The monoisotopic (exact) mass is 1900 g/mol. The number of halogens is 8. The molecule has 0 bridgehead atoms. The lowest BCUT2D eigenvalue weighted by atomic mass is 9.92. The van der Waals surface area contributed by atoms with E-state index in [4.69, 9.17) is 173 Å². The van der Waals surface area contributed by atoms with Crippen molar-refractivity contribution in [3.8, 4) is 0 Å². The van der Waals surface area contributed by atoms with Gasteiger partial charge >= 0.3 is 29.8 Å². The van der Waals surface area contributed by atoms with Gasteiger partial charge in [0.2, 0.25) is 0 Å². The van der Waals surface area contributed by atoms with Crippen LogP contribution < -0.4 is 0 Å². The zero-order chi connectivity index (χ0) is 90.2. The normalized spacial score (nSPS) is 26.9. The van der Waals surface area contributed by atoms with Gasteiger partial charge < -0.3 is 90.7 Å². The minimum absolute atomic E-state index is 0.0880. The molecule has 38 heteroatoms. The number of esters is 5. The summed E-state index contributed by atoms with van der Waals surface area (Å²) in [4.78, 5) is 135. The van der Waals surface area contributed by atoms with Gasteiger partial charge in [0.05, 0.1) is 126 Å². The highest BCUT2D eigenvalue weighted by molar-refractivity contribution is 6.56. The van der Waals surface area contributed by atoms with Gasteiger partial charge in [-0.25, -0.2) is 9.59 Å². The minimum atomic E-state index is -2.49. The van der Waals surface area contributed by atoms with Crippen molar-refractivity contribution in [2.24, 2.45) is 0 Å². The maximum atomic E-state index is 16.2. The van der Waals surface area contributed by atoms with Gasteiger partial charge in [-0.15, -0.1) is 0 Å². The van der Waals surface area contributed by atoms with Crippen LogP contribution in [0.5, 0.6) is 0 Å². The predicted molar refractivity (Wildman–Crippen MR) is 452 cm³/mol. The van der Waals surface area contributed by atoms with E-state index < -0.39 is 265 Å². The number of ether oxygens (including phenoxy) is 17. The molecule has 0 aliphatic carbocycles. The lowest BCUT2D eigenvalue weighted by Gasteiger charge is -2.52. The number of hydrogen-bond acceptors (Lipinski definition) is 28. The van der Waals surface area contributed by atoms with Gasteiger partial charge in [-0.1, -0.05) is 251 Å². The summed E-state index contributed by atoms with van der Waals surface area (Å²) in [5.74, 6) is -10.4. The Morgan fingerprint density at radius 3 is 0.953 bits per heavy atom. The molecule has 20 atom stereocenters. The second-order valence-electron chi connectivity index (χ2n) is 29.8. The van der Waals surface area contributed by atoms with E-state index in [2.05, 4.69) is 0 Å². The second kappa shape index (κ2) is 42.4. The molecule has 4 fully saturated rings. The lowest BCUT2D eigenvalue weighted by Crippen LogP contribution is -2.71. The van der Waals surface area contributed by atoms with Crippen molar-refractivity contribution < 1.29 is 134 Å². The third kappa shape index (κ3) is 20.8. The van der Waals surface area contributed by atoms with Gasteiger partial charge in [0, 0.05) is 27.9 Å². The van der Waals surface area contributed by atoms with Crippen LogP contribution in [-0.4, -0.2) is 230 Å². The molecule has 6 heterocycles. The largest absolute Gasteiger partial charge is 0.456 e. The van der Waals surface area contributed by atoms with Gasteiger partial charge in [0.1, 0.15) is 67.0 Å². The maximum Gasteiger partial charge on any atom is 0.338 e. The molecule has 4 amide bonds. The van der Waals surface area contributed by atoms with Gasteiger partial charge in [-0.3, -0.25) is 43.4 Å². The first kappa shape index (κ1) is 94.3. The summed E-state index contributed by atoms with van der Waals surface area (Å²) >= 11 is 54.1. The number of hydrogen-bond donors (Lipinski definition) is 2. The summed E-state index contributed by atoms with van der Waals surface area (Å²) in [5, 5.41) is 23.1. The smallest absolute Gasteiger partial charge is 0.338 e. The van der Waals surface area contributed by atoms with Gasteiger partial charge in [0.25, 0.3) is 23.6 Å². The quantitative estimate of drug-likeness (QED) is 0.0130. The Labute approximate surface area is 766 Å². The van der Waals surface area contributed by atoms with E-state index in [0.29, 0.717) is 32.1 Å². The number of aliphatic hydroxyl groups is 2. The van der Waals surface area contributed by atoms with Gasteiger partial charge in [-0.05, 0) is 46.5 Å². The number of carbonyl (C=O) groups is 9. The number of imide groups is 2. The molecule has 30 nitrogen and oxygen atoms in total. The number of rotatable bonds is 32. The van der Waals surface area contributed by atoms with E-state index in [0.717, 1.165) is 27.9 Å². The van der Waals surface area contributed by atoms with E-state index in [1.54, 1.807) is 133 Å². The first-order valence-electron chi connectivity index (χ1n) is 39.6. The van der Waals surface area contributed by atoms with Gasteiger partial charge in [0.15, 0.2) is 55.7 Å². The van der Waals surface area contributed by atoms with Crippen LogP contribution in [0.2, 0.25) is 40.2 Å². The van der Waals surface area contributed by atoms with E-state index in [9.17, 15) is 24.6 Å². The predicted octanol–water partition coefficient (Wildman–Crippen LogP) is 13.1. The van der Waals surface area contributed by atoms with Crippen LogP contribution >= 0.6 is 92.8 Å². The van der Waals surface area contributed by atoms with E-state index in [1.807, 2.05) is 0 Å². The van der Waals surface area contributed by atoms with E-state index in [-0.39, 0.29) is 37.6 Å². The first-order valence-corrected chi connectivity index (χ1v) is 42.6. The van der Waals surface area contributed by atoms with Crippen molar-refractivity contribution in [1.29, 1.82) is 0 Å². The van der Waals surface area contributed by atoms with Crippen LogP contribution in [0, 0.1) is 0 Å². The first-order chi connectivity index (χ1) is 61.1. The van der Waals surface area contributed by atoms with E-state index in [1.165, 1.54) is 48.5 Å². The SMILES string of the molecule is CO[C@@H]1O[C@H](COCc2ccccc2)[C@@H](O[C@@H]2O[C@H](COCc3ccccc3)[C@H](O)[C@H](O[C@@H]3O[C@H](COCc4ccccc4)[C@@H](O[C@@H]4O[C@H](COCc5ccccc5)[C@H](OC(C)=O)[C@H](OC(C)=O)[C@H]4OC(C)=O)[C@H](OC(=O)c4ccccc4)[C@H]3N3C(=O)c4c(Cl)c(Cl)c(Cl)c(Cl)c4C3=O)[C@H]2O)[C@H](OC(=O)c2ccccc2)[C@H]1N1C(=O)c2c(Cl)c(Cl)c(Cl)c(Cl)c2C1=O. The fraction of sp³-hybridized carbons (Fsp3) is 0.360. The minimum Gasteiger partial charge on any atom is -0.456 e. The summed E-state index contributed by atoms with van der Waals surface area (Å²) in [6.07, 6.45) is -36.6. The molecule has 0 saturated carbocycles. The van der Waals surface area contributed by atoms with Crippen LogP contribution in [0.15, 0.2) is 182 Å². The third-order valence-corrected chi connectivity index (χ3v) is 25.0. The number of amides is 4. The molecule has 127 heavy (non-hydrogen) atoms. The topological polar surface area (TPSA) is 357 Å². The zero-order valence-electron chi connectivity index (χ0n) is 67.5. The fourth-order valence-electron chi connectivity index (χ4n) is 15.7. The molecule has 8 aromatic carbocycles. The zero-order valence-corrected chi connectivity index (χ0v) is 73.5. The van der Waals surface area contributed by atoms with Crippen LogP contribution in [-0.2, 0) is 121 Å². The second-order valence-corrected chi connectivity index (χ2v) is 32.9. The lowest BCUT2D eigenvalue weighted by molar-refractivity contribution is -0.381. The Kier molecular flexibility index (Phi) is 31.4. The Hall–Kier alpha value is -8.85.